The fourth-order valence-corrected chi connectivity index (χ4v) is 5.76. The van der Waals surface area contributed by atoms with Crippen molar-refractivity contribution in [1.29, 1.82) is 0 Å². The van der Waals surface area contributed by atoms with Gasteiger partial charge in [0, 0.05) is 37.9 Å². The van der Waals surface area contributed by atoms with Crippen molar-refractivity contribution in [3.05, 3.63) is 59.1 Å². The van der Waals surface area contributed by atoms with Crippen LogP contribution in [0.5, 0.6) is 0 Å². The van der Waals surface area contributed by atoms with E-state index in [0.29, 0.717) is 0 Å². The second kappa shape index (κ2) is 8.10. The van der Waals surface area contributed by atoms with Crippen LogP contribution in [-0.2, 0) is 17.8 Å². The molecule has 0 spiro atoms. The largest absolute Gasteiger partial charge is 0.308 e. The topological polar surface area (TPSA) is 39.7 Å². The van der Waals surface area contributed by atoms with Crippen LogP contribution < -0.4 is 4.90 Å². The minimum Gasteiger partial charge on any atom is -0.308 e. The van der Waals surface area contributed by atoms with Crippen LogP contribution in [0.2, 0.25) is 0 Å². The first kappa shape index (κ1) is 19.7. The molecule has 0 saturated carbocycles. The molecule has 0 aliphatic carbocycles. The Morgan fingerprint density at radius 3 is 2.63 bits per heavy atom. The summed E-state index contributed by atoms with van der Waals surface area (Å²) in [5, 5.41) is 1.18. The van der Waals surface area contributed by atoms with Crippen LogP contribution in [0.3, 0.4) is 0 Å². The van der Waals surface area contributed by atoms with Gasteiger partial charge >= 0.3 is 0 Å². The summed E-state index contributed by atoms with van der Waals surface area (Å²) in [4.78, 5) is 24.9. The Kier molecular flexibility index (Phi) is 5.31. The van der Waals surface area contributed by atoms with Gasteiger partial charge in [0.2, 0.25) is 5.91 Å². The molecule has 2 aliphatic rings. The monoisotopic (exact) mass is 420 g/mol. The van der Waals surface area contributed by atoms with E-state index in [1.807, 2.05) is 17.0 Å². The van der Waals surface area contributed by atoms with Crippen LogP contribution in [0.4, 0.5) is 5.69 Å². The highest BCUT2D eigenvalue weighted by molar-refractivity contribution is 7.18. The number of carbonyl (C=O) groups is 1. The number of piperazine rings is 1. The third kappa shape index (κ3) is 3.64. The Morgan fingerprint density at radius 2 is 1.83 bits per heavy atom. The standard InChI is InChI=1S/C24H28N4OS/c1-17-15-19-7-3-5-9-21(19)28(17)24(29)18(2)27-13-11-26(12-14-27)16-23-25-20-8-4-6-10-22(20)30-23/h3-10,17-18H,11-16H2,1-2H3/t17-,18-/m0/s1. The summed E-state index contributed by atoms with van der Waals surface area (Å²) in [5.74, 6) is 0.229. The van der Waals surface area contributed by atoms with Gasteiger partial charge in [0.25, 0.3) is 0 Å². The summed E-state index contributed by atoms with van der Waals surface area (Å²) in [6.45, 7) is 8.90. The highest BCUT2D eigenvalue weighted by Gasteiger charge is 2.35. The maximum absolute atomic E-state index is 13.4. The maximum Gasteiger partial charge on any atom is 0.244 e. The van der Waals surface area contributed by atoms with Crippen molar-refractivity contribution in [3.63, 3.8) is 0 Å². The number of hydrogen-bond donors (Lipinski definition) is 0. The van der Waals surface area contributed by atoms with Gasteiger partial charge in [-0.3, -0.25) is 14.6 Å². The predicted octanol–water partition coefficient (Wildman–Crippen LogP) is 3.78. The molecule has 30 heavy (non-hydrogen) atoms. The first-order valence-electron chi connectivity index (χ1n) is 10.8. The van der Waals surface area contributed by atoms with Crippen molar-refractivity contribution in [2.45, 2.75) is 38.9 Å². The van der Waals surface area contributed by atoms with Gasteiger partial charge in [-0.05, 0) is 44.0 Å². The van der Waals surface area contributed by atoms with Crippen LogP contribution in [0.1, 0.15) is 24.4 Å². The molecule has 6 heteroatoms. The van der Waals surface area contributed by atoms with Crippen LogP contribution in [0.25, 0.3) is 10.2 Å². The summed E-state index contributed by atoms with van der Waals surface area (Å²) < 4.78 is 1.25. The maximum atomic E-state index is 13.4. The van der Waals surface area contributed by atoms with Crippen LogP contribution in [0.15, 0.2) is 48.5 Å². The molecule has 5 nitrogen and oxygen atoms in total. The highest BCUT2D eigenvalue weighted by Crippen LogP contribution is 2.33. The summed E-state index contributed by atoms with van der Waals surface area (Å²) in [7, 11) is 0. The molecule has 0 unspecified atom stereocenters. The lowest BCUT2D eigenvalue weighted by atomic mass is 10.1. The molecule has 1 amide bonds. The molecular formula is C24H28N4OS. The van der Waals surface area contributed by atoms with Crippen molar-refractivity contribution in [2.24, 2.45) is 0 Å². The predicted molar refractivity (Wildman–Crippen MR) is 123 cm³/mol. The number of aromatic nitrogens is 1. The Morgan fingerprint density at radius 1 is 1.10 bits per heavy atom. The first-order valence-corrected chi connectivity index (χ1v) is 11.6. The average molecular weight is 421 g/mol. The molecule has 156 valence electrons. The van der Waals surface area contributed by atoms with E-state index in [4.69, 9.17) is 4.98 Å². The van der Waals surface area contributed by atoms with Crippen molar-refractivity contribution < 1.29 is 4.79 Å². The quantitative estimate of drug-likeness (QED) is 0.644. The first-order chi connectivity index (χ1) is 14.6. The molecule has 0 N–H and O–H groups in total. The molecule has 3 aromatic rings. The number of benzene rings is 2. The van der Waals surface area contributed by atoms with E-state index in [-0.39, 0.29) is 18.0 Å². The lowest BCUT2D eigenvalue weighted by molar-refractivity contribution is -0.124. The molecule has 1 fully saturated rings. The molecular weight excluding hydrogens is 392 g/mol. The van der Waals surface area contributed by atoms with Gasteiger partial charge < -0.3 is 4.90 Å². The fraction of sp³-hybridized carbons (Fsp3) is 0.417. The zero-order valence-electron chi connectivity index (χ0n) is 17.6. The molecule has 2 atom stereocenters. The van der Waals surface area contributed by atoms with Gasteiger partial charge in [-0.25, -0.2) is 4.98 Å². The van der Waals surface area contributed by atoms with Gasteiger partial charge in [-0.2, -0.15) is 0 Å². The second-order valence-corrected chi connectivity index (χ2v) is 9.57. The zero-order valence-corrected chi connectivity index (χ0v) is 18.4. The number of anilines is 1. The van der Waals surface area contributed by atoms with E-state index in [2.05, 4.69) is 60.0 Å². The Bertz CT molecular complexity index is 1020. The molecule has 1 saturated heterocycles. The lowest BCUT2D eigenvalue weighted by Gasteiger charge is -2.39. The smallest absolute Gasteiger partial charge is 0.244 e. The number of thiazole rings is 1. The molecule has 1 aromatic heterocycles. The molecule has 0 bridgehead atoms. The summed E-state index contributed by atoms with van der Waals surface area (Å²) in [6.07, 6.45) is 0.949. The molecule has 2 aromatic carbocycles. The third-order valence-electron chi connectivity index (χ3n) is 6.45. The molecule has 3 heterocycles. The van der Waals surface area contributed by atoms with Crippen molar-refractivity contribution in [3.8, 4) is 0 Å². The minimum absolute atomic E-state index is 0.0943. The van der Waals surface area contributed by atoms with E-state index >= 15 is 0 Å². The molecule has 0 radical (unpaired) electrons. The van der Waals surface area contributed by atoms with E-state index in [0.717, 1.165) is 50.3 Å². The summed E-state index contributed by atoms with van der Waals surface area (Å²) in [5.41, 5.74) is 3.47. The number of amides is 1. The normalized spacial score (nSPS) is 21.1. The number of para-hydroxylation sites is 2. The zero-order chi connectivity index (χ0) is 20.7. The fourth-order valence-electron chi connectivity index (χ4n) is 4.75. The second-order valence-electron chi connectivity index (χ2n) is 8.45. The molecule has 5 rings (SSSR count). The van der Waals surface area contributed by atoms with Gasteiger partial charge in [0.05, 0.1) is 22.8 Å². The Balaban J connectivity index is 1.20. The lowest BCUT2D eigenvalue weighted by Crippen LogP contribution is -2.55. The minimum atomic E-state index is -0.0943. The highest BCUT2D eigenvalue weighted by atomic mass is 32.1. The third-order valence-corrected chi connectivity index (χ3v) is 7.47. The number of nitrogens with zero attached hydrogens (tertiary/aromatic N) is 4. The number of hydrogen-bond acceptors (Lipinski definition) is 5. The van der Waals surface area contributed by atoms with Crippen LogP contribution in [0, 0.1) is 0 Å². The van der Waals surface area contributed by atoms with Gasteiger partial charge in [-0.1, -0.05) is 30.3 Å². The Hall–Kier alpha value is -2.28. The Labute approximate surface area is 181 Å². The van der Waals surface area contributed by atoms with Crippen molar-refractivity contribution in [1.82, 2.24) is 14.8 Å². The number of rotatable bonds is 4. The van der Waals surface area contributed by atoms with Crippen LogP contribution in [-0.4, -0.2) is 59.0 Å². The summed E-state index contributed by atoms with van der Waals surface area (Å²) in [6, 6.07) is 16.8. The van der Waals surface area contributed by atoms with E-state index in [1.54, 1.807) is 11.3 Å². The SMILES string of the molecule is C[C@@H](C(=O)N1c2ccccc2C[C@@H]1C)N1CCN(Cc2nc3ccccc3s2)CC1. The van der Waals surface area contributed by atoms with Gasteiger partial charge in [-0.15, -0.1) is 11.3 Å². The number of carbonyl (C=O) groups excluding carboxylic acids is 1. The average Bonchev–Trinajstić information content (AvgIpc) is 3.32. The van der Waals surface area contributed by atoms with Gasteiger partial charge in [0.15, 0.2) is 0 Å². The molecule has 2 aliphatic heterocycles. The van der Waals surface area contributed by atoms with Gasteiger partial charge in [0.1, 0.15) is 5.01 Å². The van der Waals surface area contributed by atoms with Crippen molar-refractivity contribution >= 4 is 33.1 Å². The summed E-state index contributed by atoms with van der Waals surface area (Å²) >= 11 is 1.79. The van der Waals surface area contributed by atoms with Crippen LogP contribution >= 0.6 is 11.3 Å². The van der Waals surface area contributed by atoms with E-state index in [1.165, 1.54) is 15.3 Å². The van der Waals surface area contributed by atoms with E-state index < -0.39 is 0 Å². The van der Waals surface area contributed by atoms with E-state index in [9.17, 15) is 4.79 Å². The number of fused-ring (bicyclic) bond motifs is 2. The van der Waals surface area contributed by atoms with Crippen molar-refractivity contribution in [2.75, 3.05) is 31.1 Å².